The van der Waals surface area contributed by atoms with Crippen LogP contribution in [0.2, 0.25) is 0 Å². The standard InChI is InChI=1S/C18H35N/c1-15(2)17-7-5-9-18(11-8-17)10-6-13-19(14-12-18)16(3)4/h15-17H,5-14H2,1-4H3. The van der Waals surface area contributed by atoms with Gasteiger partial charge in [0.25, 0.3) is 0 Å². The van der Waals surface area contributed by atoms with Gasteiger partial charge in [0, 0.05) is 6.04 Å². The largest absolute Gasteiger partial charge is 0.301 e. The lowest BCUT2D eigenvalue weighted by Crippen LogP contribution is -2.32. The first-order valence-corrected chi connectivity index (χ1v) is 8.76. The van der Waals surface area contributed by atoms with Gasteiger partial charge in [-0.3, -0.25) is 0 Å². The lowest BCUT2D eigenvalue weighted by molar-refractivity contribution is 0.182. The van der Waals surface area contributed by atoms with Crippen LogP contribution in [-0.4, -0.2) is 24.0 Å². The number of hydrogen-bond acceptors (Lipinski definition) is 1. The van der Waals surface area contributed by atoms with E-state index in [1.54, 1.807) is 0 Å². The fourth-order valence-electron chi connectivity index (χ4n) is 4.46. The first-order valence-electron chi connectivity index (χ1n) is 8.76. The molecule has 1 aliphatic heterocycles. The fourth-order valence-corrected chi connectivity index (χ4v) is 4.46. The van der Waals surface area contributed by atoms with Crippen molar-refractivity contribution in [2.24, 2.45) is 17.3 Å². The van der Waals surface area contributed by atoms with Crippen LogP contribution in [0.5, 0.6) is 0 Å². The molecule has 0 aromatic rings. The summed E-state index contributed by atoms with van der Waals surface area (Å²) in [6, 6.07) is 0.740. The average Bonchev–Trinajstić information content (AvgIpc) is 2.68. The second-order valence-electron chi connectivity index (χ2n) is 7.92. The van der Waals surface area contributed by atoms with Crippen molar-refractivity contribution in [3.63, 3.8) is 0 Å². The van der Waals surface area contributed by atoms with Gasteiger partial charge in [-0.2, -0.15) is 0 Å². The van der Waals surface area contributed by atoms with Crippen LogP contribution in [-0.2, 0) is 0 Å². The summed E-state index contributed by atoms with van der Waals surface area (Å²) in [4.78, 5) is 2.71. The van der Waals surface area contributed by atoms with Crippen molar-refractivity contribution in [1.29, 1.82) is 0 Å². The molecular weight excluding hydrogens is 230 g/mol. The van der Waals surface area contributed by atoms with E-state index in [9.17, 15) is 0 Å². The Labute approximate surface area is 121 Å². The summed E-state index contributed by atoms with van der Waals surface area (Å²) in [5.74, 6) is 1.90. The van der Waals surface area contributed by atoms with Crippen molar-refractivity contribution >= 4 is 0 Å². The number of likely N-dealkylation sites (tertiary alicyclic amines) is 1. The highest BCUT2D eigenvalue weighted by Gasteiger charge is 2.35. The molecule has 1 heteroatoms. The summed E-state index contributed by atoms with van der Waals surface area (Å²) in [6.07, 6.45) is 11.9. The monoisotopic (exact) mass is 265 g/mol. The van der Waals surface area contributed by atoms with Crippen molar-refractivity contribution in [3.05, 3.63) is 0 Å². The molecule has 0 N–H and O–H groups in total. The van der Waals surface area contributed by atoms with E-state index in [0.29, 0.717) is 5.41 Å². The first kappa shape index (κ1) is 15.4. The smallest absolute Gasteiger partial charge is 0.00385 e. The molecule has 0 bridgehead atoms. The normalized spacial score (nSPS) is 34.7. The number of rotatable bonds is 2. The van der Waals surface area contributed by atoms with E-state index in [1.807, 2.05) is 0 Å². The van der Waals surface area contributed by atoms with Crippen molar-refractivity contribution in [2.75, 3.05) is 13.1 Å². The van der Waals surface area contributed by atoms with Gasteiger partial charge >= 0.3 is 0 Å². The van der Waals surface area contributed by atoms with Crippen molar-refractivity contribution in [3.8, 4) is 0 Å². The van der Waals surface area contributed by atoms with Gasteiger partial charge in [0.05, 0.1) is 0 Å². The zero-order valence-corrected chi connectivity index (χ0v) is 13.8. The van der Waals surface area contributed by atoms with Gasteiger partial charge in [0.15, 0.2) is 0 Å². The Morgan fingerprint density at radius 1 is 0.842 bits per heavy atom. The van der Waals surface area contributed by atoms with Crippen LogP contribution in [0.25, 0.3) is 0 Å². The lowest BCUT2D eigenvalue weighted by Gasteiger charge is -2.32. The number of nitrogens with zero attached hydrogens (tertiary/aromatic N) is 1. The maximum Gasteiger partial charge on any atom is 0.00385 e. The topological polar surface area (TPSA) is 3.24 Å². The molecule has 1 saturated carbocycles. The van der Waals surface area contributed by atoms with Gasteiger partial charge in [-0.15, -0.1) is 0 Å². The maximum atomic E-state index is 2.71. The fraction of sp³-hybridized carbons (Fsp3) is 1.00. The molecule has 2 rings (SSSR count). The molecule has 0 amide bonds. The van der Waals surface area contributed by atoms with Gasteiger partial charge in [-0.25, -0.2) is 0 Å². The summed E-state index contributed by atoms with van der Waals surface area (Å²) in [5.41, 5.74) is 0.716. The van der Waals surface area contributed by atoms with Crippen LogP contribution < -0.4 is 0 Å². The summed E-state index contributed by atoms with van der Waals surface area (Å²) < 4.78 is 0. The third kappa shape index (κ3) is 3.97. The van der Waals surface area contributed by atoms with E-state index in [4.69, 9.17) is 0 Å². The van der Waals surface area contributed by atoms with Gasteiger partial charge < -0.3 is 4.90 Å². The molecule has 1 aliphatic carbocycles. The second kappa shape index (κ2) is 6.61. The van der Waals surface area contributed by atoms with E-state index < -0.39 is 0 Å². The Bertz CT molecular complexity index is 241. The van der Waals surface area contributed by atoms with E-state index in [1.165, 1.54) is 64.5 Å². The van der Waals surface area contributed by atoms with E-state index in [-0.39, 0.29) is 0 Å². The summed E-state index contributed by atoms with van der Waals surface area (Å²) in [7, 11) is 0. The predicted molar refractivity (Wildman–Crippen MR) is 84.4 cm³/mol. The molecule has 2 atom stereocenters. The zero-order chi connectivity index (χ0) is 13.9. The van der Waals surface area contributed by atoms with Crippen molar-refractivity contribution in [2.45, 2.75) is 85.1 Å². The van der Waals surface area contributed by atoms with Gasteiger partial charge in [0.2, 0.25) is 0 Å². The molecule has 1 saturated heterocycles. The molecular formula is C18H35N. The molecule has 1 heterocycles. The third-order valence-corrected chi connectivity index (χ3v) is 6.08. The third-order valence-electron chi connectivity index (χ3n) is 6.08. The Morgan fingerprint density at radius 2 is 1.58 bits per heavy atom. The zero-order valence-electron chi connectivity index (χ0n) is 13.8. The first-order chi connectivity index (χ1) is 9.02. The molecule has 0 aromatic carbocycles. The van der Waals surface area contributed by atoms with Crippen LogP contribution in [0.3, 0.4) is 0 Å². The van der Waals surface area contributed by atoms with Gasteiger partial charge in [0.1, 0.15) is 0 Å². The molecule has 112 valence electrons. The maximum absolute atomic E-state index is 2.71. The van der Waals surface area contributed by atoms with Gasteiger partial charge in [-0.05, 0) is 82.7 Å². The van der Waals surface area contributed by atoms with Crippen LogP contribution in [0, 0.1) is 17.3 Å². The van der Waals surface area contributed by atoms with E-state index >= 15 is 0 Å². The Morgan fingerprint density at radius 3 is 2.26 bits per heavy atom. The Hall–Kier alpha value is -0.0400. The quantitative estimate of drug-likeness (QED) is 0.671. The highest BCUT2D eigenvalue weighted by atomic mass is 15.1. The minimum atomic E-state index is 0.716. The minimum absolute atomic E-state index is 0.716. The summed E-state index contributed by atoms with van der Waals surface area (Å²) >= 11 is 0. The molecule has 0 aromatic heterocycles. The molecule has 2 unspecified atom stereocenters. The van der Waals surface area contributed by atoms with Crippen molar-refractivity contribution < 1.29 is 0 Å². The summed E-state index contributed by atoms with van der Waals surface area (Å²) in [5, 5.41) is 0. The summed E-state index contributed by atoms with van der Waals surface area (Å²) in [6.45, 7) is 12.3. The van der Waals surface area contributed by atoms with Gasteiger partial charge in [-0.1, -0.05) is 26.7 Å². The van der Waals surface area contributed by atoms with Crippen LogP contribution in [0.4, 0.5) is 0 Å². The Balaban J connectivity index is 1.95. The highest BCUT2D eigenvalue weighted by Crippen LogP contribution is 2.46. The van der Waals surface area contributed by atoms with E-state index in [2.05, 4.69) is 32.6 Å². The SMILES string of the molecule is CC(C)C1CCCC2(CCCN(C(C)C)CC2)CC1. The second-order valence-corrected chi connectivity index (χ2v) is 7.92. The van der Waals surface area contributed by atoms with Crippen molar-refractivity contribution in [1.82, 2.24) is 4.90 Å². The molecule has 1 spiro atoms. The molecule has 2 aliphatic rings. The minimum Gasteiger partial charge on any atom is -0.301 e. The molecule has 19 heavy (non-hydrogen) atoms. The average molecular weight is 265 g/mol. The Kier molecular flexibility index (Phi) is 5.34. The predicted octanol–water partition coefficient (Wildman–Crippen LogP) is 5.10. The molecule has 0 radical (unpaired) electrons. The highest BCUT2D eigenvalue weighted by molar-refractivity contribution is 4.88. The van der Waals surface area contributed by atoms with E-state index in [0.717, 1.165) is 17.9 Å². The number of hydrogen-bond donors (Lipinski definition) is 0. The lowest BCUT2D eigenvalue weighted by atomic mass is 9.74. The van der Waals surface area contributed by atoms with Crippen LogP contribution in [0.15, 0.2) is 0 Å². The molecule has 1 nitrogen and oxygen atoms in total. The molecule has 2 fully saturated rings. The van der Waals surface area contributed by atoms with Crippen LogP contribution in [0.1, 0.15) is 79.1 Å². The van der Waals surface area contributed by atoms with Crippen LogP contribution >= 0.6 is 0 Å².